The van der Waals surface area contributed by atoms with E-state index >= 15 is 0 Å². The van der Waals surface area contributed by atoms with Crippen LogP contribution in [-0.2, 0) is 14.3 Å². The Bertz CT molecular complexity index is 168. The number of Topliss-reactive ketones (excluding diaryl/α,β-unsaturated/α-hetero) is 1. The SMILES string of the molecule is CCOC(=O)CCCCC(=O)CBr. The fourth-order valence-corrected chi connectivity index (χ4v) is 1.17. The van der Waals surface area contributed by atoms with Crippen molar-refractivity contribution in [3.8, 4) is 0 Å². The lowest BCUT2D eigenvalue weighted by Gasteiger charge is -2.00. The van der Waals surface area contributed by atoms with Gasteiger partial charge in [-0.1, -0.05) is 15.9 Å². The average Bonchev–Trinajstić information content (AvgIpc) is 2.12. The first-order valence-electron chi connectivity index (χ1n) is 4.44. The van der Waals surface area contributed by atoms with Gasteiger partial charge in [-0.05, 0) is 19.8 Å². The van der Waals surface area contributed by atoms with Crippen LogP contribution in [0.3, 0.4) is 0 Å². The number of unbranched alkanes of at least 4 members (excludes halogenated alkanes) is 1. The Balaban J connectivity index is 3.25. The minimum Gasteiger partial charge on any atom is -0.466 e. The molecule has 0 aromatic carbocycles. The summed E-state index contributed by atoms with van der Waals surface area (Å²) in [7, 11) is 0. The second kappa shape index (κ2) is 8.23. The molecule has 0 aromatic rings. The van der Waals surface area contributed by atoms with Gasteiger partial charge in [0.1, 0.15) is 5.78 Å². The third-order valence-electron chi connectivity index (χ3n) is 1.54. The summed E-state index contributed by atoms with van der Waals surface area (Å²) in [6.07, 6.45) is 2.47. The number of esters is 1. The molecular weight excluding hydrogens is 236 g/mol. The maximum absolute atomic E-state index is 10.8. The summed E-state index contributed by atoms with van der Waals surface area (Å²) in [5, 5.41) is 0.409. The van der Waals surface area contributed by atoms with Crippen molar-refractivity contribution in [2.45, 2.75) is 32.6 Å². The number of ether oxygens (including phenoxy) is 1. The molecule has 0 fully saturated rings. The van der Waals surface area contributed by atoms with Crippen molar-refractivity contribution in [3.05, 3.63) is 0 Å². The highest BCUT2D eigenvalue weighted by atomic mass is 79.9. The number of carbonyl (C=O) groups excluding carboxylic acids is 2. The van der Waals surface area contributed by atoms with E-state index < -0.39 is 0 Å². The van der Waals surface area contributed by atoms with Crippen molar-refractivity contribution in [2.75, 3.05) is 11.9 Å². The summed E-state index contributed by atoms with van der Waals surface area (Å²) in [5.41, 5.74) is 0. The largest absolute Gasteiger partial charge is 0.466 e. The van der Waals surface area contributed by atoms with E-state index in [1.807, 2.05) is 0 Å². The fourth-order valence-electron chi connectivity index (χ4n) is 0.891. The molecule has 0 unspecified atom stereocenters. The highest BCUT2D eigenvalue weighted by Crippen LogP contribution is 2.03. The zero-order valence-electron chi connectivity index (χ0n) is 7.85. The molecular formula is C9H15BrO3. The van der Waals surface area contributed by atoms with Crippen LogP contribution in [0.5, 0.6) is 0 Å². The number of rotatable bonds is 7. The molecule has 4 heteroatoms. The van der Waals surface area contributed by atoms with Gasteiger partial charge in [0.2, 0.25) is 0 Å². The van der Waals surface area contributed by atoms with Crippen LogP contribution in [0.25, 0.3) is 0 Å². The van der Waals surface area contributed by atoms with Crippen molar-refractivity contribution >= 4 is 27.7 Å². The van der Waals surface area contributed by atoms with Gasteiger partial charge in [0.15, 0.2) is 0 Å². The molecule has 0 heterocycles. The minimum atomic E-state index is -0.172. The number of alkyl halides is 1. The molecule has 0 saturated heterocycles. The Hall–Kier alpha value is -0.380. The first kappa shape index (κ1) is 12.6. The molecule has 76 valence electrons. The predicted octanol–water partition coefficient (Wildman–Crippen LogP) is 2.07. The summed E-state index contributed by atoms with van der Waals surface area (Å²) in [5.74, 6) is 0.0117. The van der Waals surface area contributed by atoms with Crippen LogP contribution in [0.2, 0.25) is 0 Å². The van der Waals surface area contributed by atoms with Crippen LogP contribution >= 0.6 is 15.9 Å². The van der Waals surface area contributed by atoms with E-state index in [2.05, 4.69) is 15.9 Å². The zero-order chi connectivity index (χ0) is 10.1. The Morgan fingerprint density at radius 1 is 1.23 bits per heavy atom. The molecule has 0 aromatic heterocycles. The van der Waals surface area contributed by atoms with Gasteiger partial charge >= 0.3 is 5.97 Å². The highest BCUT2D eigenvalue weighted by Gasteiger charge is 2.02. The average molecular weight is 251 g/mol. The van der Waals surface area contributed by atoms with E-state index in [1.54, 1.807) is 6.92 Å². The monoisotopic (exact) mass is 250 g/mol. The minimum absolute atomic E-state index is 0.172. The molecule has 0 aliphatic rings. The van der Waals surface area contributed by atoms with Crippen molar-refractivity contribution in [2.24, 2.45) is 0 Å². The van der Waals surface area contributed by atoms with Crippen LogP contribution < -0.4 is 0 Å². The second-order valence-electron chi connectivity index (χ2n) is 2.68. The molecule has 0 bridgehead atoms. The zero-order valence-corrected chi connectivity index (χ0v) is 9.43. The molecule has 3 nitrogen and oxygen atoms in total. The normalized spacial score (nSPS) is 9.69. The number of ketones is 1. The molecule has 0 amide bonds. The van der Waals surface area contributed by atoms with Gasteiger partial charge in [0, 0.05) is 12.8 Å². The van der Waals surface area contributed by atoms with Gasteiger partial charge in [0.25, 0.3) is 0 Å². The summed E-state index contributed by atoms with van der Waals surface area (Å²) in [6, 6.07) is 0. The third kappa shape index (κ3) is 7.96. The quantitative estimate of drug-likeness (QED) is 0.395. The Morgan fingerprint density at radius 3 is 2.38 bits per heavy atom. The number of carbonyl (C=O) groups is 2. The lowest BCUT2D eigenvalue weighted by molar-refractivity contribution is -0.143. The van der Waals surface area contributed by atoms with Gasteiger partial charge in [-0.25, -0.2) is 0 Å². The van der Waals surface area contributed by atoms with Crippen LogP contribution in [0, 0.1) is 0 Å². The fraction of sp³-hybridized carbons (Fsp3) is 0.778. The van der Waals surface area contributed by atoms with Gasteiger partial charge in [-0.3, -0.25) is 9.59 Å². The van der Waals surface area contributed by atoms with Crippen molar-refractivity contribution in [1.82, 2.24) is 0 Å². The van der Waals surface area contributed by atoms with Gasteiger partial charge < -0.3 is 4.74 Å². The molecule has 0 radical (unpaired) electrons. The summed E-state index contributed by atoms with van der Waals surface area (Å²) >= 11 is 3.08. The van der Waals surface area contributed by atoms with Gasteiger partial charge in [0.05, 0.1) is 11.9 Å². The lowest BCUT2D eigenvalue weighted by Crippen LogP contribution is -2.04. The topological polar surface area (TPSA) is 43.4 Å². The van der Waals surface area contributed by atoms with Crippen molar-refractivity contribution < 1.29 is 14.3 Å². The molecule has 0 N–H and O–H groups in total. The van der Waals surface area contributed by atoms with E-state index in [0.29, 0.717) is 24.8 Å². The molecule has 0 spiro atoms. The first-order valence-corrected chi connectivity index (χ1v) is 5.56. The van der Waals surface area contributed by atoms with Crippen LogP contribution in [0.15, 0.2) is 0 Å². The smallest absolute Gasteiger partial charge is 0.305 e. The molecule has 0 aliphatic heterocycles. The van der Waals surface area contributed by atoms with Crippen LogP contribution in [0.4, 0.5) is 0 Å². The predicted molar refractivity (Wildman–Crippen MR) is 53.9 cm³/mol. The van der Waals surface area contributed by atoms with E-state index in [0.717, 1.165) is 12.8 Å². The van der Waals surface area contributed by atoms with Crippen LogP contribution in [0.1, 0.15) is 32.6 Å². The highest BCUT2D eigenvalue weighted by molar-refractivity contribution is 9.09. The standard InChI is InChI=1S/C9H15BrO3/c1-2-13-9(12)6-4-3-5-8(11)7-10/h2-7H2,1H3. The molecule has 0 saturated carbocycles. The van der Waals surface area contributed by atoms with Gasteiger partial charge in [-0.15, -0.1) is 0 Å². The Kier molecular flexibility index (Phi) is 7.99. The van der Waals surface area contributed by atoms with E-state index in [1.165, 1.54) is 0 Å². The molecule has 0 aliphatic carbocycles. The van der Waals surface area contributed by atoms with E-state index in [9.17, 15) is 9.59 Å². The van der Waals surface area contributed by atoms with Crippen molar-refractivity contribution in [1.29, 1.82) is 0 Å². The third-order valence-corrected chi connectivity index (χ3v) is 2.17. The van der Waals surface area contributed by atoms with Crippen molar-refractivity contribution in [3.63, 3.8) is 0 Å². The molecule has 0 rings (SSSR count). The molecule has 0 atom stereocenters. The van der Waals surface area contributed by atoms with Gasteiger partial charge in [-0.2, -0.15) is 0 Å². The Labute approximate surface area is 87.0 Å². The molecule has 13 heavy (non-hydrogen) atoms. The maximum atomic E-state index is 10.8. The van der Waals surface area contributed by atoms with E-state index in [4.69, 9.17) is 4.74 Å². The lowest BCUT2D eigenvalue weighted by atomic mass is 10.1. The number of hydrogen-bond acceptors (Lipinski definition) is 3. The maximum Gasteiger partial charge on any atom is 0.305 e. The number of hydrogen-bond donors (Lipinski definition) is 0. The van der Waals surface area contributed by atoms with E-state index in [-0.39, 0.29) is 11.8 Å². The first-order chi connectivity index (χ1) is 6.20. The summed E-state index contributed by atoms with van der Waals surface area (Å²) < 4.78 is 4.74. The Morgan fingerprint density at radius 2 is 1.85 bits per heavy atom. The summed E-state index contributed by atoms with van der Waals surface area (Å²) in [6.45, 7) is 2.21. The number of halogens is 1. The van der Waals surface area contributed by atoms with Crippen LogP contribution in [-0.4, -0.2) is 23.7 Å². The second-order valence-corrected chi connectivity index (χ2v) is 3.25. The summed E-state index contributed by atoms with van der Waals surface area (Å²) in [4.78, 5) is 21.7.